The summed E-state index contributed by atoms with van der Waals surface area (Å²) in [5.41, 5.74) is 2.80. The van der Waals surface area contributed by atoms with E-state index in [4.69, 9.17) is 4.98 Å². The molecular weight excluding hydrogens is 222 g/mol. The van der Waals surface area contributed by atoms with E-state index in [1.807, 2.05) is 0 Å². The summed E-state index contributed by atoms with van der Waals surface area (Å²) in [6.45, 7) is 3.48. The lowest BCUT2D eigenvalue weighted by Gasteiger charge is -2.28. The predicted octanol–water partition coefficient (Wildman–Crippen LogP) is 2.01. The molecule has 3 heteroatoms. The van der Waals surface area contributed by atoms with E-state index in [2.05, 4.69) is 29.4 Å². The van der Waals surface area contributed by atoms with E-state index >= 15 is 0 Å². The van der Waals surface area contributed by atoms with Crippen molar-refractivity contribution in [1.29, 1.82) is 0 Å². The van der Waals surface area contributed by atoms with Crippen LogP contribution >= 0.6 is 0 Å². The predicted molar refractivity (Wildman–Crippen MR) is 75.1 cm³/mol. The molecule has 1 saturated heterocycles. The highest BCUT2D eigenvalue weighted by Crippen LogP contribution is 2.23. The topological polar surface area (TPSA) is 28.2 Å². The van der Waals surface area contributed by atoms with E-state index in [9.17, 15) is 0 Å². The molecule has 1 N–H and O–H groups in total. The van der Waals surface area contributed by atoms with Crippen molar-refractivity contribution in [3.8, 4) is 0 Å². The molecule has 0 saturated carbocycles. The molecule has 18 heavy (non-hydrogen) atoms. The zero-order valence-electron chi connectivity index (χ0n) is 11.3. The molecule has 2 heterocycles. The molecule has 98 valence electrons. The van der Waals surface area contributed by atoms with Crippen LogP contribution in [0.25, 0.3) is 0 Å². The molecule has 1 aliphatic carbocycles. The zero-order chi connectivity index (χ0) is 12.4. The molecular formula is C15H23N3. The van der Waals surface area contributed by atoms with Crippen molar-refractivity contribution in [2.75, 3.05) is 31.6 Å². The Balaban J connectivity index is 1.66. The van der Waals surface area contributed by atoms with Crippen LogP contribution in [0.4, 0.5) is 5.82 Å². The number of rotatable bonds is 3. The number of piperidine rings is 1. The van der Waals surface area contributed by atoms with Gasteiger partial charge in [-0.05, 0) is 62.7 Å². The highest BCUT2D eigenvalue weighted by atomic mass is 15.2. The van der Waals surface area contributed by atoms with Gasteiger partial charge >= 0.3 is 0 Å². The van der Waals surface area contributed by atoms with Crippen LogP contribution in [0.5, 0.6) is 0 Å². The van der Waals surface area contributed by atoms with E-state index < -0.39 is 0 Å². The fourth-order valence-electron chi connectivity index (χ4n) is 3.18. The van der Waals surface area contributed by atoms with Crippen LogP contribution in [0.15, 0.2) is 12.1 Å². The molecule has 1 aromatic rings. The Labute approximate surface area is 110 Å². The summed E-state index contributed by atoms with van der Waals surface area (Å²) in [5.74, 6) is 1.93. The second-order valence-electron chi connectivity index (χ2n) is 5.72. The molecule has 1 atom stereocenters. The average molecular weight is 245 g/mol. The van der Waals surface area contributed by atoms with Gasteiger partial charge in [0.2, 0.25) is 0 Å². The van der Waals surface area contributed by atoms with Crippen LogP contribution < -0.4 is 10.2 Å². The maximum Gasteiger partial charge on any atom is 0.128 e. The quantitative estimate of drug-likeness (QED) is 0.883. The molecule has 1 fully saturated rings. The third kappa shape index (κ3) is 2.51. The molecule has 0 bridgehead atoms. The number of fused-ring (bicyclic) bond motifs is 1. The third-order valence-corrected chi connectivity index (χ3v) is 4.24. The van der Waals surface area contributed by atoms with Crippen LogP contribution in [0, 0.1) is 5.92 Å². The minimum absolute atomic E-state index is 0.777. The lowest BCUT2D eigenvalue weighted by Crippen LogP contribution is -2.37. The first-order chi connectivity index (χ1) is 8.83. The van der Waals surface area contributed by atoms with Gasteiger partial charge in [-0.3, -0.25) is 0 Å². The van der Waals surface area contributed by atoms with E-state index in [-0.39, 0.29) is 0 Å². The Morgan fingerprint density at radius 2 is 2.28 bits per heavy atom. The lowest BCUT2D eigenvalue weighted by molar-refractivity contribution is 0.380. The molecule has 2 aliphatic rings. The number of nitrogens with one attached hydrogen (secondary N) is 1. The van der Waals surface area contributed by atoms with E-state index in [1.54, 1.807) is 0 Å². The smallest absolute Gasteiger partial charge is 0.128 e. The fourth-order valence-corrected chi connectivity index (χ4v) is 3.18. The number of hydrogen-bond acceptors (Lipinski definition) is 3. The van der Waals surface area contributed by atoms with Gasteiger partial charge in [0.1, 0.15) is 5.82 Å². The van der Waals surface area contributed by atoms with Crippen LogP contribution in [0.2, 0.25) is 0 Å². The van der Waals surface area contributed by atoms with Crippen molar-refractivity contribution >= 4 is 5.82 Å². The molecule has 1 unspecified atom stereocenters. The van der Waals surface area contributed by atoms with Crippen LogP contribution in [0.3, 0.4) is 0 Å². The van der Waals surface area contributed by atoms with Gasteiger partial charge < -0.3 is 10.2 Å². The van der Waals surface area contributed by atoms with Gasteiger partial charge in [0, 0.05) is 19.3 Å². The molecule has 1 aromatic heterocycles. The van der Waals surface area contributed by atoms with Crippen molar-refractivity contribution in [1.82, 2.24) is 10.3 Å². The van der Waals surface area contributed by atoms with Gasteiger partial charge in [0.15, 0.2) is 0 Å². The molecule has 0 amide bonds. The van der Waals surface area contributed by atoms with Gasteiger partial charge in [-0.25, -0.2) is 4.98 Å². The number of aromatic nitrogens is 1. The Kier molecular flexibility index (Phi) is 3.50. The van der Waals surface area contributed by atoms with E-state index in [0.29, 0.717) is 0 Å². The minimum Gasteiger partial charge on any atom is -0.359 e. The first-order valence-corrected chi connectivity index (χ1v) is 7.23. The standard InChI is InChI=1S/C15H23N3/c1-18(11-12-4-3-9-16-10-12)15-8-7-13-5-2-6-14(13)17-15/h7-8,12,16H,2-6,9-11H2,1H3. The summed E-state index contributed by atoms with van der Waals surface area (Å²) in [6, 6.07) is 4.47. The summed E-state index contributed by atoms with van der Waals surface area (Å²) >= 11 is 0. The monoisotopic (exact) mass is 245 g/mol. The second kappa shape index (κ2) is 5.27. The van der Waals surface area contributed by atoms with E-state index in [1.165, 1.54) is 49.9 Å². The Morgan fingerprint density at radius 3 is 3.11 bits per heavy atom. The number of hydrogen-bond donors (Lipinski definition) is 1. The first-order valence-electron chi connectivity index (χ1n) is 7.23. The van der Waals surface area contributed by atoms with Gasteiger partial charge in [-0.1, -0.05) is 6.07 Å². The minimum atomic E-state index is 0.777. The van der Waals surface area contributed by atoms with Crippen molar-refractivity contribution in [2.45, 2.75) is 32.1 Å². The molecule has 3 rings (SSSR count). The fraction of sp³-hybridized carbons (Fsp3) is 0.667. The Bertz CT molecular complexity index is 410. The van der Waals surface area contributed by atoms with Gasteiger partial charge in [0.25, 0.3) is 0 Å². The van der Waals surface area contributed by atoms with Crippen LogP contribution in [-0.4, -0.2) is 31.7 Å². The van der Waals surface area contributed by atoms with E-state index in [0.717, 1.165) is 24.8 Å². The Hall–Kier alpha value is -1.09. The maximum atomic E-state index is 4.82. The van der Waals surface area contributed by atoms with Gasteiger partial charge in [0.05, 0.1) is 0 Å². The number of aryl methyl sites for hydroxylation is 2. The maximum absolute atomic E-state index is 4.82. The Morgan fingerprint density at radius 1 is 1.33 bits per heavy atom. The first kappa shape index (κ1) is 12.0. The number of pyridine rings is 1. The number of anilines is 1. The van der Waals surface area contributed by atoms with Crippen LogP contribution in [-0.2, 0) is 12.8 Å². The third-order valence-electron chi connectivity index (χ3n) is 4.24. The van der Waals surface area contributed by atoms with Crippen molar-refractivity contribution in [3.63, 3.8) is 0 Å². The van der Waals surface area contributed by atoms with Gasteiger partial charge in [-0.15, -0.1) is 0 Å². The SMILES string of the molecule is CN(CC1CCCNC1)c1ccc2c(n1)CCC2. The molecule has 0 spiro atoms. The average Bonchev–Trinajstić information content (AvgIpc) is 2.87. The second-order valence-corrected chi connectivity index (χ2v) is 5.72. The largest absolute Gasteiger partial charge is 0.359 e. The summed E-state index contributed by atoms with van der Waals surface area (Å²) in [5, 5.41) is 3.49. The zero-order valence-corrected chi connectivity index (χ0v) is 11.3. The normalized spacial score (nSPS) is 22.8. The summed E-state index contributed by atoms with van der Waals surface area (Å²) in [7, 11) is 2.18. The van der Waals surface area contributed by atoms with Crippen LogP contribution in [0.1, 0.15) is 30.5 Å². The summed E-state index contributed by atoms with van der Waals surface area (Å²) in [4.78, 5) is 7.15. The summed E-state index contributed by atoms with van der Waals surface area (Å²) < 4.78 is 0. The molecule has 1 aliphatic heterocycles. The van der Waals surface area contributed by atoms with Crippen molar-refractivity contribution < 1.29 is 0 Å². The van der Waals surface area contributed by atoms with Crippen molar-refractivity contribution in [2.24, 2.45) is 5.92 Å². The highest BCUT2D eigenvalue weighted by Gasteiger charge is 2.17. The summed E-state index contributed by atoms with van der Waals surface area (Å²) in [6.07, 6.45) is 6.33. The molecule has 0 radical (unpaired) electrons. The van der Waals surface area contributed by atoms with Gasteiger partial charge in [-0.2, -0.15) is 0 Å². The lowest BCUT2D eigenvalue weighted by atomic mass is 9.99. The highest BCUT2D eigenvalue weighted by molar-refractivity contribution is 5.42. The van der Waals surface area contributed by atoms with Crippen molar-refractivity contribution in [3.05, 3.63) is 23.4 Å². The number of nitrogens with zero attached hydrogens (tertiary/aromatic N) is 2. The molecule has 3 nitrogen and oxygen atoms in total. The molecule has 0 aromatic carbocycles.